The lowest BCUT2D eigenvalue weighted by Gasteiger charge is -2.31. The number of aromatic nitrogens is 4. The van der Waals surface area contributed by atoms with Crippen molar-refractivity contribution in [3.63, 3.8) is 0 Å². The van der Waals surface area contributed by atoms with Gasteiger partial charge in [0.05, 0.1) is 7.11 Å². The molecule has 1 amide bonds. The second-order valence-corrected chi connectivity index (χ2v) is 5.91. The molecule has 8 nitrogen and oxygen atoms in total. The van der Waals surface area contributed by atoms with Crippen molar-refractivity contribution in [2.24, 2.45) is 13.0 Å². The molecule has 0 atom stereocenters. The number of anilines is 1. The Morgan fingerprint density at radius 2 is 2.04 bits per heavy atom. The first-order chi connectivity index (χ1) is 11.7. The van der Waals surface area contributed by atoms with Crippen LogP contribution in [0.2, 0.25) is 0 Å². The molecule has 0 spiro atoms. The number of piperidine rings is 1. The number of rotatable bonds is 5. The second kappa shape index (κ2) is 7.29. The molecule has 0 bridgehead atoms. The maximum Gasteiger partial charge on any atom is 0.258 e. The molecule has 1 aliphatic rings. The molecule has 0 radical (unpaired) electrons. The highest BCUT2D eigenvalue weighted by molar-refractivity contribution is 5.96. The molecule has 1 saturated heterocycles. The minimum atomic E-state index is -0.145. The normalized spacial score (nSPS) is 15.3. The molecule has 128 valence electrons. The van der Waals surface area contributed by atoms with E-state index in [9.17, 15) is 4.79 Å². The minimum absolute atomic E-state index is 0.145. The van der Waals surface area contributed by atoms with Gasteiger partial charge < -0.3 is 15.0 Å². The first kappa shape index (κ1) is 16.2. The van der Waals surface area contributed by atoms with Crippen molar-refractivity contribution < 1.29 is 9.53 Å². The van der Waals surface area contributed by atoms with Crippen molar-refractivity contribution in [3.8, 4) is 5.88 Å². The van der Waals surface area contributed by atoms with Crippen LogP contribution < -0.4 is 15.0 Å². The molecule has 1 aliphatic heterocycles. The molecule has 1 N–H and O–H groups in total. The summed E-state index contributed by atoms with van der Waals surface area (Å²) in [6.07, 6.45) is 7.20. The van der Waals surface area contributed by atoms with E-state index in [4.69, 9.17) is 4.74 Å². The van der Waals surface area contributed by atoms with E-state index in [-0.39, 0.29) is 5.91 Å². The summed E-state index contributed by atoms with van der Waals surface area (Å²) in [6, 6.07) is 1.82. The van der Waals surface area contributed by atoms with E-state index < -0.39 is 0 Å². The summed E-state index contributed by atoms with van der Waals surface area (Å²) in [5.74, 6) is 1.44. The zero-order valence-electron chi connectivity index (χ0n) is 14.0. The summed E-state index contributed by atoms with van der Waals surface area (Å²) in [7, 11) is 3.28. The van der Waals surface area contributed by atoms with E-state index in [0.717, 1.165) is 31.9 Å². The number of amides is 1. The van der Waals surface area contributed by atoms with Crippen molar-refractivity contribution in [3.05, 3.63) is 30.2 Å². The Kier molecular flexibility index (Phi) is 4.93. The second-order valence-electron chi connectivity index (χ2n) is 5.91. The number of ether oxygens (including phenoxy) is 1. The number of nitrogens with one attached hydrogen (secondary N) is 1. The Morgan fingerprint density at radius 1 is 1.33 bits per heavy atom. The van der Waals surface area contributed by atoms with Crippen LogP contribution in [-0.4, -0.2) is 52.4 Å². The van der Waals surface area contributed by atoms with Crippen LogP contribution in [0, 0.1) is 5.92 Å². The Balaban J connectivity index is 1.49. The molecule has 3 rings (SSSR count). The van der Waals surface area contributed by atoms with Gasteiger partial charge in [-0.25, -0.2) is 9.97 Å². The molecule has 3 heterocycles. The van der Waals surface area contributed by atoms with Gasteiger partial charge >= 0.3 is 0 Å². The van der Waals surface area contributed by atoms with Gasteiger partial charge in [-0.1, -0.05) is 0 Å². The molecule has 8 heteroatoms. The third kappa shape index (κ3) is 3.64. The van der Waals surface area contributed by atoms with Crippen molar-refractivity contribution in [2.45, 2.75) is 12.8 Å². The Labute approximate surface area is 140 Å². The van der Waals surface area contributed by atoms with Gasteiger partial charge in [-0.3, -0.25) is 9.48 Å². The van der Waals surface area contributed by atoms with Gasteiger partial charge in [-0.05, 0) is 24.8 Å². The summed E-state index contributed by atoms with van der Waals surface area (Å²) in [5.41, 5.74) is 0.468. The van der Waals surface area contributed by atoms with Crippen molar-refractivity contribution in [1.29, 1.82) is 0 Å². The zero-order chi connectivity index (χ0) is 16.9. The van der Waals surface area contributed by atoms with E-state index in [1.807, 2.05) is 6.07 Å². The van der Waals surface area contributed by atoms with Crippen molar-refractivity contribution in [1.82, 2.24) is 25.1 Å². The lowest BCUT2D eigenvalue weighted by Crippen LogP contribution is -2.39. The lowest BCUT2D eigenvalue weighted by molar-refractivity contribution is 0.0942. The van der Waals surface area contributed by atoms with Crippen LogP contribution in [-0.2, 0) is 7.05 Å². The van der Waals surface area contributed by atoms with Crippen LogP contribution in [0.15, 0.2) is 24.7 Å². The van der Waals surface area contributed by atoms with E-state index in [1.54, 1.807) is 30.3 Å². The molecule has 0 aliphatic carbocycles. The predicted molar refractivity (Wildman–Crippen MR) is 89.1 cm³/mol. The fourth-order valence-electron chi connectivity index (χ4n) is 2.90. The van der Waals surface area contributed by atoms with Crippen molar-refractivity contribution >= 4 is 11.9 Å². The molecule has 0 unspecified atom stereocenters. The van der Waals surface area contributed by atoms with Gasteiger partial charge in [0.15, 0.2) is 0 Å². The molecule has 1 fully saturated rings. The average molecular weight is 330 g/mol. The Hall–Kier alpha value is -2.64. The molecular weight excluding hydrogens is 308 g/mol. The summed E-state index contributed by atoms with van der Waals surface area (Å²) in [6.45, 7) is 2.46. The Morgan fingerprint density at radius 3 is 2.71 bits per heavy atom. The van der Waals surface area contributed by atoms with Gasteiger partial charge in [0, 0.05) is 45.3 Å². The smallest absolute Gasteiger partial charge is 0.258 e. The van der Waals surface area contributed by atoms with Crippen LogP contribution in [0.25, 0.3) is 0 Å². The number of carbonyl (C=O) groups excluding carboxylic acids is 1. The van der Waals surface area contributed by atoms with E-state index >= 15 is 0 Å². The SMILES string of the molecule is COc1nn(C)cc1C(=O)NCC1CCN(c2ncccn2)CC1. The number of nitrogens with zero attached hydrogens (tertiary/aromatic N) is 5. The highest BCUT2D eigenvalue weighted by atomic mass is 16.5. The number of aryl methyl sites for hydroxylation is 1. The van der Waals surface area contributed by atoms with E-state index in [0.29, 0.717) is 23.9 Å². The Bertz CT molecular complexity index is 679. The molecule has 24 heavy (non-hydrogen) atoms. The maximum atomic E-state index is 12.3. The number of hydrogen-bond acceptors (Lipinski definition) is 6. The lowest BCUT2D eigenvalue weighted by atomic mass is 9.97. The zero-order valence-corrected chi connectivity index (χ0v) is 14.0. The first-order valence-corrected chi connectivity index (χ1v) is 8.05. The molecule has 0 aromatic carbocycles. The van der Waals surface area contributed by atoms with Crippen LogP contribution in [0.4, 0.5) is 5.95 Å². The monoisotopic (exact) mass is 330 g/mol. The summed E-state index contributed by atoms with van der Waals surface area (Å²) < 4.78 is 6.70. The summed E-state index contributed by atoms with van der Waals surface area (Å²) in [5, 5.41) is 7.09. The van der Waals surface area contributed by atoms with E-state index in [1.165, 1.54) is 7.11 Å². The first-order valence-electron chi connectivity index (χ1n) is 8.05. The third-order valence-corrected chi connectivity index (χ3v) is 4.23. The topological polar surface area (TPSA) is 85.2 Å². The standard InChI is InChI=1S/C16H22N6O2/c1-21-11-13(15(20-21)24-2)14(23)19-10-12-4-8-22(9-5-12)16-17-6-3-7-18-16/h3,6-7,11-12H,4-5,8-10H2,1-2H3,(H,19,23). The predicted octanol–water partition coefficient (Wildman–Crippen LogP) is 0.865. The average Bonchev–Trinajstić information content (AvgIpc) is 3.02. The molecule has 2 aromatic rings. The fourth-order valence-corrected chi connectivity index (χ4v) is 2.90. The van der Waals surface area contributed by atoms with Gasteiger partial charge in [-0.15, -0.1) is 5.10 Å². The number of carbonyl (C=O) groups is 1. The highest BCUT2D eigenvalue weighted by Gasteiger charge is 2.22. The minimum Gasteiger partial charge on any atom is -0.479 e. The maximum absolute atomic E-state index is 12.3. The van der Waals surface area contributed by atoms with Gasteiger partial charge in [0.1, 0.15) is 5.56 Å². The fraction of sp³-hybridized carbons (Fsp3) is 0.500. The van der Waals surface area contributed by atoms with Crippen LogP contribution in [0.5, 0.6) is 5.88 Å². The quantitative estimate of drug-likeness (QED) is 0.875. The van der Waals surface area contributed by atoms with Gasteiger partial charge in [0.2, 0.25) is 11.8 Å². The highest BCUT2D eigenvalue weighted by Crippen LogP contribution is 2.20. The molecular formula is C16H22N6O2. The summed E-state index contributed by atoms with van der Waals surface area (Å²) >= 11 is 0. The number of methoxy groups -OCH3 is 1. The molecule has 0 saturated carbocycles. The number of hydrogen-bond donors (Lipinski definition) is 1. The van der Waals surface area contributed by atoms with Crippen LogP contribution >= 0.6 is 0 Å². The van der Waals surface area contributed by atoms with Crippen LogP contribution in [0.3, 0.4) is 0 Å². The van der Waals surface area contributed by atoms with E-state index in [2.05, 4.69) is 25.3 Å². The molecule has 2 aromatic heterocycles. The van der Waals surface area contributed by atoms with Gasteiger partial charge in [0.25, 0.3) is 5.91 Å². The summed E-state index contributed by atoms with van der Waals surface area (Å²) in [4.78, 5) is 23.0. The largest absolute Gasteiger partial charge is 0.479 e. The third-order valence-electron chi connectivity index (χ3n) is 4.23. The van der Waals surface area contributed by atoms with Crippen molar-refractivity contribution in [2.75, 3.05) is 31.6 Å². The van der Waals surface area contributed by atoms with Gasteiger partial charge in [-0.2, -0.15) is 0 Å². The van der Waals surface area contributed by atoms with Crippen LogP contribution in [0.1, 0.15) is 23.2 Å².